The number of ether oxygens (including phenoxy) is 3. The molecule has 2 aliphatic carbocycles. The first-order valence-corrected chi connectivity index (χ1v) is 14.7. The van der Waals surface area contributed by atoms with Gasteiger partial charge >= 0.3 is 5.97 Å². The van der Waals surface area contributed by atoms with Crippen molar-refractivity contribution in [3.05, 3.63) is 83.2 Å². The maximum atomic E-state index is 15.0. The molecule has 0 bridgehead atoms. The number of methoxy groups -OCH3 is 1. The number of rotatable bonds is 12. The zero-order valence-electron chi connectivity index (χ0n) is 24.0. The summed E-state index contributed by atoms with van der Waals surface area (Å²) < 4.78 is 32.0. The van der Waals surface area contributed by atoms with E-state index in [1.165, 1.54) is 37.3 Å². The van der Waals surface area contributed by atoms with Crippen LogP contribution in [-0.2, 0) is 22.6 Å². The number of halogens is 1. The van der Waals surface area contributed by atoms with E-state index in [1.807, 2.05) is 19.1 Å². The highest BCUT2D eigenvalue weighted by Gasteiger charge is 2.34. The third-order valence-electron chi connectivity index (χ3n) is 8.64. The first-order chi connectivity index (χ1) is 19.4. The van der Waals surface area contributed by atoms with Crippen molar-refractivity contribution < 1.29 is 23.4 Å². The minimum atomic E-state index is -0.253. The molecule has 5 rings (SSSR count). The molecule has 2 saturated carbocycles. The number of esters is 1. The van der Waals surface area contributed by atoms with Gasteiger partial charge in [0.15, 0.2) is 0 Å². The minimum absolute atomic E-state index is 0.128. The van der Waals surface area contributed by atoms with Crippen LogP contribution >= 0.6 is 0 Å². The van der Waals surface area contributed by atoms with Crippen molar-refractivity contribution in [2.24, 2.45) is 11.3 Å². The molecular formula is C35H41FO4. The first kappa shape index (κ1) is 28.2. The van der Waals surface area contributed by atoms with Gasteiger partial charge in [0.05, 0.1) is 20.1 Å². The molecule has 1 unspecified atom stereocenters. The molecule has 0 N–H and O–H groups in total. The summed E-state index contributed by atoms with van der Waals surface area (Å²) in [6.45, 7) is 5.03. The van der Waals surface area contributed by atoms with Crippen LogP contribution in [0.25, 0.3) is 11.1 Å². The zero-order valence-corrected chi connectivity index (χ0v) is 24.0. The lowest BCUT2D eigenvalue weighted by molar-refractivity contribution is -0.143. The Morgan fingerprint density at radius 3 is 2.50 bits per heavy atom. The van der Waals surface area contributed by atoms with Crippen LogP contribution in [0.4, 0.5) is 4.39 Å². The van der Waals surface area contributed by atoms with Gasteiger partial charge in [0.25, 0.3) is 0 Å². The zero-order chi connectivity index (χ0) is 28.1. The predicted molar refractivity (Wildman–Crippen MR) is 156 cm³/mol. The topological polar surface area (TPSA) is 44.8 Å². The van der Waals surface area contributed by atoms with Crippen LogP contribution in [0, 0.1) is 17.2 Å². The second-order valence-electron chi connectivity index (χ2n) is 11.8. The van der Waals surface area contributed by atoms with E-state index in [-0.39, 0.29) is 23.1 Å². The molecule has 212 valence electrons. The van der Waals surface area contributed by atoms with Crippen LogP contribution in [0.15, 0.2) is 60.7 Å². The fourth-order valence-electron chi connectivity index (χ4n) is 6.31. The summed E-state index contributed by atoms with van der Waals surface area (Å²) in [4.78, 5) is 12.2. The van der Waals surface area contributed by atoms with Crippen molar-refractivity contribution >= 4 is 5.97 Å². The molecule has 0 radical (unpaired) electrons. The van der Waals surface area contributed by atoms with E-state index in [9.17, 15) is 4.79 Å². The molecule has 1 atom stereocenters. The highest BCUT2D eigenvalue weighted by Crippen LogP contribution is 2.45. The molecule has 0 spiro atoms. The van der Waals surface area contributed by atoms with Crippen LogP contribution < -0.4 is 9.47 Å². The van der Waals surface area contributed by atoms with Gasteiger partial charge < -0.3 is 14.2 Å². The van der Waals surface area contributed by atoms with Gasteiger partial charge in [0.1, 0.15) is 23.9 Å². The molecular weight excluding hydrogens is 503 g/mol. The third-order valence-corrected chi connectivity index (χ3v) is 8.64. The molecule has 2 fully saturated rings. The van der Waals surface area contributed by atoms with E-state index >= 15 is 4.39 Å². The average Bonchev–Trinajstić information content (AvgIpc) is 3.71. The maximum absolute atomic E-state index is 15.0. The van der Waals surface area contributed by atoms with Crippen molar-refractivity contribution in [1.29, 1.82) is 0 Å². The Bertz CT molecular complexity index is 1320. The minimum Gasteiger partial charge on any atom is -0.497 e. The van der Waals surface area contributed by atoms with E-state index in [1.54, 1.807) is 19.2 Å². The Morgan fingerprint density at radius 1 is 1.00 bits per heavy atom. The summed E-state index contributed by atoms with van der Waals surface area (Å²) in [5.41, 5.74) is 5.00. The quantitative estimate of drug-likeness (QED) is 0.214. The van der Waals surface area contributed by atoms with Crippen LogP contribution in [-0.4, -0.2) is 19.7 Å². The van der Waals surface area contributed by atoms with Gasteiger partial charge in [0.2, 0.25) is 0 Å². The van der Waals surface area contributed by atoms with Crippen LogP contribution in [0.3, 0.4) is 0 Å². The Hall–Kier alpha value is -3.34. The van der Waals surface area contributed by atoms with Crippen LogP contribution in [0.5, 0.6) is 11.5 Å². The summed E-state index contributed by atoms with van der Waals surface area (Å²) in [7, 11) is 1.60. The van der Waals surface area contributed by atoms with Crippen LogP contribution in [0.2, 0.25) is 0 Å². The number of benzene rings is 3. The highest BCUT2D eigenvalue weighted by molar-refractivity contribution is 5.71. The number of hydrogen-bond donors (Lipinski definition) is 0. The molecule has 40 heavy (non-hydrogen) atoms. The second kappa shape index (κ2) is 12.4. The van der Waals surface area contributed by atoms with Gasteiger partial charge in [-0.25, -0.2) is 4.39 Å². The van der Waals surface area contributed by atoms with Crippen molar-refractivity contribution in [3.8, 4) is 22.6 Å². The molecule has 3 aromatic carbocycles. The molecule has 3 aromatic rings. The molecule has 0 aliphatic heterocycles. The van der Waals surface area contributed by atoms with Crippen molar-refractivity contribution in [1.82, 2.24) is 0 Å². The second-order valence-corrected chi connectivity index (χ2v) is 11.8. The normalized spacial score (nSPS) is 16.9. The summed E-state index contributed by atoms with van der Waals surface area (Å²) in [5, 5.41) is 0. The number of hydrogen-bond acceptors (Lipinski definition) is 4. The van der Waals surface area contributed by atoms with Gasteiger partial charge in [-0.15, -0.1) is 0 Å². The standard InChI is InChI=1S/C35H41FO4/c1-4-39-34(37)21-31(25-10-11-25)26-9-7-8-24(18-26)23-40-29-12-14-30(32-20-28(38-3)13-15-33(32)36)27(19-29)22-35(2)16-5-6-17-35/h7-9,12-15,18-20,25,31H,4-6,10-11,16-17,21-23H2,1-3H3. The van der Waals surface area contributed by atoms with Crippen LogP contribution in [0.1, 0.15) is 81.4 Å². The Morgan fingerprint density at radius 2 is 1.77 bits per heavy atom. The molecule has 0 saturated heterocycles. The maximum Gasteiger partial charge on any atom is 0.306 e. The fraction of sp³-hybridized carbons (Fsp3) is 0.457. The first-order valence-electron chi connectivity index (χ1n) is 14.7. The summed E-state index contributed by atoms with van der Waals surface area (Å²) >= 11 is 0. The van der Waals surface area contributed by atoms with Gasteiger partial charge in [-0.2, -0.15) is 0 Å². The van der Waals surface area contributed by atoms with Gasteiger partial charge in [-0.05, 0) is 109 Å². The molecule has 0 aromatic heterocycles. The number of carbonyl (C=O) groups excluding carboxylic acids is 1. The lowest BCUT2D eigenvalue weighted by Crippen LogP contribution is -2.15. The highest BCUT2D eigenvalue weighted by atomic mass is 19.1. The van der Waals surface area contributed by atoms with E-state index in [0.717, 1.165) is 41.7 Å². The average molecular weight is 545 g/mol. The Balaban J connectivity index is 1.37. The van der Waals surface area contributed by atoms with Crippen molar-refractivity contribution in [2.45, 2.75) is 77.7 Å². The third kappa shape index (κ3) is 6.86. The summed E-state index contributed by atoms with van der Waals surface area (Å²) in [6.07, 6.45) is 8.46. The van der Waals surface area contributed by atoms with E-state index in [0.29, 0.717) is 36.9 Å². The SMILES string of the molecule is CCOC(=O)CC(c1cccc(COc2ccc(-c3cc(OC)ccc3F)c(CC3(C)CCCC3)c2)c1)C1CC1. The summed E-state index contributed by atoms with van der Waals surface area (Å²) in [5.74, 6) is 1.77. The summed E-state index contributed by atoms with van der Waals surface area (Å²) in [6, 6.07) is 19.3. The van der Waals surface area contributed by atoms with E-state index < -0.39 is 0 Å². The lowest BCUT2D eigenvalue weighted by Gasteiger charge is -2.25. The van der Waals surface area contributed by atoms with Gasteiger partial charge in [-0.3, -0.25) is 4.79 Å². The molecule has 0 heterocycles. The molecule has 2 aliphatic rings. The molecule has 0 amide bonds. The van der Waals surface area contributed by atoms with Crippen molar-refractivity contribution in [2.75, 3.05) is 13.7 Å². The molecule has 4 nitrogen and oxygen atoms in total. The predicted octanol–water partition coefficient (Wildman–Crippen LogP) is 8.65. The van der Waals surface area contributed by atoms with Gasteiger partial charge in [0, 0.05) is 5.56 Å². The molecule has 5 heteroatoms. The lowest BCUT2D eigenvalue weighted by atomic mass is 9.80. The Labute approximate surface area is 237 Å². The number of carbonyl (C=O) groups is 1. The van der Waals surface area contributed by atoms with Gasteiger partial charge in [-0.1, -0.05) is 50.1 Å². The van der Waals surface area contributed by atoms with E-state index in [4.69, 9.17) is 14.2 Å². The van der Waals surface area contributed by atoms with E-state index in [2.05, 4.69) is 37.3 Å². The fourth-order valence-corrected chi connectivity index (χ4v) is 6.31. The van der Waals surface area contributed by atoms with Crippen molar-refractivity contribution in [3.63, 3.8) is 0 Å². The smallest absolute Gasteiger partial charge is 0.306 e. The Kier molecular flexibility index (Phi) is 8.78. The monoisotopic (exact) mass is 544 g/mol. The largest absolute Gasteiger partial charge is 0.497 e.